The molecule has 0 unspecified atom stereocenters. The van der Waals surface area contributed by atoms with E-state index < -0.39 is 10.0 Å². The third kappa shape index (κ3) is 3.00. The minimum absolute atomic E-state index is 0.188. The van der Waals surface area contributed by atoms with Crippen molar-refractivity contribution in [1.82, 2.24) is 20.2 Å². The van der Waals surface area contributed by atoms with Crippen LogP contribution in [0.1, 0.15) is 13.8 Å². The zero-order valence-corrected chi connectivity index (χ0v) is 14.1. The average Bonchev–Trinajstić information content (AvgIpc) is 3.10. The number of rotatable bonds is 5. The molecule has 0 aliphatic carbocycles. The summed E-state index contributed by atoms with van der Waals surface area (Å²) < 4.78 is 29.1. The standard InChI is InChI=1S/C16H17N5O2S/c1-13(2)21(14-7-4-3-5-8-14)24(22,23)16-10-6-9-15(11-16)20-12-17-18-19-20/h3-13H,1-2H3. The highest BCUT2D eigenvalue weighted by atomic mass is 32.2. The summed E-state index contributed by atoms with van der Waals surface area (Å²) in [7, 11) is -3.72. The second kappa shape index (κ2) is 6.40. The number of benzene rings is 2. The van der Waals surface area contributed by atoms with Crippen LogP contribution in [0.25, 0.3) is 5.69 Å². The van der Waals surface area contributed by atoms with Crippen molar-refractivity contribution in [1.29, 1.82) is 0 Å². The van der Waals surface area contributed by atoms with Crippen molar-refractivity contribution >= 4 is 15.7 Å². The van der Waals surface area contributed by atoms with Crippen molar-refractivity contribution in [2.45, 2.75) is 24.8 Å². The molecular formula is C16H17N5O2S. The molecule has 0 saturated carbocycles. The molecule has 0 N–H and O–H groups in total. The molecule has 0 aliphatic rings. The Kier molecular flexibility index (Phi) is 4.30. The Morgan fingerprint density at radius 1 is 1.04 bits per heavy atom. The van der Waals surface area contributed by atoms with Gasteiger partial charge in [-0.3, -0.25) is 4.31 Å². The lowest BCUT2D eigenvalue weighted by molar-refractivity contribution is 0.584. The fourth-order valence-electron chi connectivity index (χ4n) is 2.47. The molecule has 0 atom stereocenters. The van der Waals surface area contributed by atoms with Gasteiger partial charge in [0, 0.05) is 6.04 Å². The molecule has 1 aromatic heterocycles. The molecule has 24 heavy (non-hydrogen) atoms. The highest BCUT2D eigenvalue weighted by Gasteiger charge is 2.27. The third-order valence-corrected chi connectivity index (χ3v) is 5.47. The van der Waals surface area contributed by atoms with E-state index in [1.54, 1.807) is 36.4 Å². The average molecular weight is 343 g/mol. The molecule has 2 aromatic carbocycles. The van der Waals surface area contributed by atoms with Crippen molar-refractivity contribution in [3.8, 4) is 5.69 Å². The lowest BCUT2D eigenvalue weighted by atomic mass is 10.3. The van der Waals surface area contributed by atoms with Gasteiger partial charge in [-0.05, 0) is 54.6 Å². The van der Waals surface area contributed by atoms with E-state index in [2.05, 4.69) is 15.5 Å². The molecule has 0 bridgehead atoms. The third-order valence-electron chi connectivity index (χ3n) is 3.47. The summed E-state index contributed by atoms with van der Waals surface area (Å²) in [6.45, 7) is 3.69. The smallest absolute Gasteiger partial charge is 0.264 e. The maximum atomic E-state index is 13.2. The van der Waals surface area contributed by atoms with Crippen LogP contribution >= 0.6 is 0 Å². The number of hydrogen-bond acceptors (Lipinski definition) is 5. The molecular weight excluding hydrogens is 326 g/mol. The van der Waals surface area contributed by atoms with Crippen LogP contribution in [-0.4, -0.2) is 34.7 Å². The summed E-state index contributed by atoms with van der Waals surface area (Å²) >= 11 is 0. The molecule has 0 radical (unpaired) electrons. The zero-order chi connectivity index (χ0) is 17.2. The van der Waals surface area contributed by atoms with Gasteiger partial charge < -0.3 is 0 Å². The minimum atomic E-state index is -3.72. The van der Waals surface area contributed by atoms with Crippen LogP contribution in [0.15, 0.2) is 65.8 Å². The number of para-hydroxylation sites is 1. The van der Waals surface area contributed by atoms with E-state index in [0.717, 1.165) is 0 Å². The molecule has 7 nitrogen and oxygen atoms in total. The Morgan fingerprint density at radius 3 is 2.42 bits per heavy atom. The maximum Gasteiger partial charge on any atom is 0.264 e. The Labute approximate surface area is 140 Å². The topological polar surface area (TPSA) is 81.0 Å². The first-order valence-electron chi connectivity index (χ1n) is 7.43. The van der Waals surface area contributed by atoms with Crippen LogP contribution < -0.4 is 4.31 Å². The second-order valence-electron chi connectivity index (χ2n) is 5.48. The fraction of sp³-hybridized carbons (Fsp3) is 0.188. The summed E-state index contributed by atoms with van der Waals surface area (Å²) in [6, 6.07) is 15.4. The van der Waals surface area contributed by atoms with Crippen LogP contribution in [0.4, 0.5) is 5.69 Å². The van der Waals surface area contributed by atoms with Crippen molar-refractivity contribution in [2.24, 2.45) is 0 Å². The molecule has 3 aromatic rings. The van der Waals surface area contributed by atoms with Gasteiger partial charge in [0.25, 0.3) is 10.0 Å². The largest absolute Gasteiger partial charge is 0.264 e. The molecule has 3 rings (SSSR count). The Balaban J connectivity index is 2.08. The zero-order valence-electron chi connectivity index (χ0n) is 13.3. The van der Waals surface area contributed by atoms with Gasteiger partial charge in [-0.1, -0.05) is 24.3 Å². The van der Waals surface area contributed by atoms with Crippen LogP contribution in [0.5, 0.6) is 0 Å². The first-order chi connectivity index (χ1) is 11.5. The molecule has 0 saturated heterocycles. The van der Waals surface area contributed by atoms with Crippen LogP contribution in [0.2, 0.25) is 0 Å². The van der Waals surface area contributed by atoms with E-state index in [4.69, 9.17) is 0 Å². The van der Waals surface area contributed by atoms with Gasteiger partial charge in [0.1, 0.15) is 6.33 Å². The number of sulfonamides is 1. The predicted molar refractivity (Wildman–Crippen MR) is 90.4 cm³/mol. The molecule has 124 valence electrons. The van der Waals surface area contributed by atoms with Gasteiger partial charge >= 0.3 is 0 Å². The minimum Gasteiger partial charge on any atom is -0.264 e. The maximum absolute atomic E-state index is 13.2. The van der Waals surface area contributed by atoms with Gasteiger partial charge in [0.2, 0.25) is 0 Å². The van der Waals surface area contributed by atoms with Crippen molar-refractivity contribution in [3.63, 3.8) is 0 Å². The number of nitrogens with zero attached hydrogens (tertiary/aromatic N) is 5. The first-order valence-corrected chi connectivity index (χ1v) is 8.87. The van der Waals surface area contributed by atoms with Gasteiger partial charge in [-0.15, -0.1) is 5.10 Å². The normalized spacial score (nSPS) is 11.6. The highest BCUT2D eigenvalue weighted by Crippen LogP contribution is 2.26. The molecule has 1 heterocycles. The van der Waals surface area contributed by atoms with E-state index >= 15 is 0 Å². The first kappa shape index (κ1) is 16.1. The van der Waals surface area contributed by atoms with Crippen LogP contribution in [0, 0.1) is 0 Å². The van der Waals surface area contributed by atoms with Crippen LogP contribution in [-0.2, 0) is 10.0 Å². The molecule has 0 spiro atoms. The summed E-state index contributed by atoms with van der Waals surface area (Å²) in [5.74, 6) is 0. The fourth-order valence-corrected chi connectivity index (χ4v) is 4.17. The Bertz CT molecular complexity index is 909. The van der Waals surface area contributed by atoms with E-state index in [9.17, 15) is 8.42 Å². The summed E-state index contributed by atoms with van der Waals surface area (Å²) in [6.07, 6.45) is 1.42. The van der Waals surface area contributed by atoms with Gasteiger partial charge in [0.05, 0.1) is 16.3 Å². The molecule has 0 amide bonds. The predicted octanol–water partition coefficient (Wildman–Crippen LogP) is 2.27. The lowest BCUT2D eigenvalue weighted by Crippen LogP contribution is -2.37. The number of aromatic nitrogens is 4. The van der Waals surface area contributed by atoms with Crippen LogP contribution in [0.3, 0.4) is 0 Å². The van der Waals surface area contributed by atoms with Crippen molar-refractivity contribution in [2.75, 3.05) is 4.31 Å². The Hall–Kier alpha value is -2.74. The van der Waals surface area contributed by atoms with Gasteiger partial charge in [-0.2, -0.15) is 0 Å². The van der Waals surface area contributed by atoms with Crippen molar-refractivity contribution in [3.05, 3.63) is 60.9 Å². The van der Waals surface area contributed by atoms with Gasteiger partial charge in [0.15, 0.2) is 0 Å². The van der Waals surface area contributed by atoms with Crippen molar-refractivity contribution < 1.29 is 8.42 Å². The van der Waals surface area contributed by atoms with E-state index in [1.165, 1.54) is 15.3 Å². The van der Waals surface area contributed by atoms with E-state index in [1.807, 2.05) is 32.0 Å². The number of tetrazole rings is 1. The summed E-state index contributed by atoms with van der Waals surface area (Å²) in [5.41, 5.74) is 1.21. The van der Waals surface area contributed by atoms with E-state index in [0.29, 0.717) is 11.4 Å². The monoisotopic (exact) mass is 343 g/mol. The van der Waals surface area contributed by atoms with E-state index in [-0.39, 0.29) is 10.9 Å². The number of anilines is 1. The molecule has 0 aliphatic heterocycles. The highest BCUT2D eigenvalue weighted by molar-refractivity contribution is 7.92. The lowest BCUT2D eigenvalue weighted by Gasteiger charge is -2.28. The summed E-state index contributed by atoms with van der Waals surface area (Å²) in [4.78, 5) is 0.188. The quantitative estimate of drug-likeness (QED) is 0.710. The molecule has 8 heteroatoms. The SMILES string of the molecule is CC(C)N(c1ccccc1)S(=O)(=O)c1cccc(-n2cnnn2)c1. The van der Waals surface area contributed by atoms with Gasteiger partial charge in [-0.25, -0.2) is 13.1 Å². The molecule has 0 fully saturated rings. The Morgan fingerprint density at radius 2 is 1.79 bits per heavy atom. The number of hydrogen-bond donors (Lipinski definition) is 0. The summed E-state index contributed by atoms with van der Waals surface area (Å²) in [5, 5.41) is 10.9. The second-order valence-corrected chi connectivity index (χ2v) is 7.30.